The number of carbonyl (C=O) groups is 2. The molecule has 2 aliphatic carbocycles. The Hall–Kier alpha value is -2.64. The van der Waals surface area contributed by atoms with Gasteiger partial charge in [0.25, 0.3) is 5.91 Å². The fourth-order valence-corrected chi connectivity index (χ4v) is 4.39. The third kappa shape index (κ3) is 4.99. The molecule has 0 radical (unpaired) electrons. The van der Waals surface area contributed by atoms with Crippen molar-refractivity contribution in [1.82, 2.24) is 25.4 Å². The van der Waals surface area contributed by atoms with Crippen LogP contribution in [0.1, 0.15) is 82.6 Å². The van der Waals surface area contributed by atoms with Crippen LogP contribution < -0.4 is 10.6 Å². The fourth-order valence-electron chi connectivity index (χ4n) is 4.39. The summed E-state index contributed by atoms with van der Waals surface area (Å²) in [6.07, 6.45) is 9.71. The van der Waals surface area contributed by atoms with Gasteiger partial charge < -0.3 is 15.4 Å². The summed E-state index contributed by atoms with van der Waals surface area (Å²) in [5, 5.41) is 11.4. The normalized spacial score (nSPS) is 19.2. The summed E-state index contributed by atoms with van der Waals surface area (Å²) in [6.45, 7) is 7.77. The van der Waals surface area contributed by atoms with Gasteiger partial charge in [-0.25, -0.2) is 14.5 Å². The van der Waals surface area contributed by atoms with E-state index in [-0.39, 0.29) is 5.91 Å². The highest BCUT2D eigenvalue weighted by Gasteiger charge is 2.43. The number of fused-ring (bicyclic) bond motifs is 1. The third-order valence-electron chi connectivity index (χ3n) is 6.24. The minimum atomic E-state index is -0.562. The van der Waals surface area contributed by atoms with Crippen LogP contribution in [0.25, 0.3) is 11.0 Å². The molecule has 0 aliphatic heterocycles. The van der Waals surface area contributed by atoms with Crippen LogP contribution in [0.2, 0.25) is 0 Å². The molecule has 2 aromatic rings. The number of nitrogens with zero attached hydrogens (tertiary/aromatic N) is 3. The first-order valence-electron chi connectivity index (χ1n) is 11.3. The van der Waals surface area contributed by atoms with Crippen molar-refractivity contribution in [3.63, 3.8) is 0 Å². The average Bonchev–Trinajstić information content (AvgIpc) is 3.26. The molecule has 0 aromatic carbocycles. The number of alkyl carbamates (subject to hydrolysis) is 1. The standard InChI is InChI=1S/C23H33N5O3/c1-22(2,3)31-21(30)25-14-23(4,17-9-10-17)27-20(29)16-11-15-13-26-28(19(15)24-12-16)18-7-5-6-8-18/h11-13,17-18H,5-10,14H2,1-4H3,(H,25,30)(H,27,29). The summed E-state index contributed by atoms with van der Waals surface area (Å²) >= 11 is 0. The number of rotatable bonds is 6. The first-order chi connectivity index (χ1) is 14.6. The van der Waals surface area contributed by atoms with E-state index in [0.29, 0.717) is 24.1 Å². The van der Waals surface area contributed by atoms with Crippen molar-refractivity contribution in [2.45, 2.75) is 83.4 Å². The van der Waals surface area contributed by atoms with E-state index >= 15 is 0 Å². The number of nitrogens with one attached hydrogen (secondary N) is 2. The molecule has 1 unspecified atom stereocenters. The van der Waals surface area contributed by atoms with Gasteiger partial charge in [-0.3, -0.25) is 4.79 Å². The quantitative estimate of drug-likeness (QED) is 0.727. The van der Waals surface area contributed by atoms with E-state index in [1.165, 1.54) is 12.8 Å². The first-order valence-corrected chi connectivity index (χ1v) is 11.3. The van der Waals surface area contributed by atoms with Crippen LogP contribution in [0.15, 0.2) is 18.5 Å². The van der Waals surface area contributed by atoms with Crippen molar-refractivity contribution in [3.05, 3.63) is 24.0 Å². The van der Waals surface area contributed by atoms with Gasteiger partial charge in [0.05, 0.1) is 23.3 Å². The van der Waals surface area contributed by atoms with Crippen LogP contribution in [0.4, 0.5) is 4.79 Å². The maximum atomic E-state index is 13.1. The molecule has 0 bridgehead atoms. The molecule has 2 fully saturated rings. The minimum absolute atomic E-state index is 0.191. The van der Waals surface area contributed by atoms with Gasteiger partial charge >= 0.3 is 6.09 Å². The Labute approximate surface area is 183 Å². The van der Waals surface area contributed by atoms with Crippen molar-refractivity contribution in [2.24, 2.45) is 5.92 Å². The molecule has 0 spiro atoms. The molecule has 2 heterocycles. The zero-order valence-electron chi connectivity index (χ0n) is 18.9. The van der Waals surface area contributed by atoms with Crippen molar-refractivity contribution in [1.29, 1.82) is 0 Å². The Morgan fingerprint density at radius 2 is 1.84 bits per heavy atom. The molecular formula is C23H33N5O3. The fraction of sp³-hybridized carbons (Fsp3) is 0.652. The second-order valence-electron chi connectivity index (χ2n) is 10.2. The van der Waals surface area contributed by atoms with E-state index in [4.69, 9.17) is 4.74 Å². The number of carbonyl (C=O) groups excluding carboxylic acids is 2. The monoisotopic (exact) mass is 427 g/mol. The predicted octanol–water partition coefficient (Wildman–Crippen LogP) is 3.97. The van der Waals surface area contributed by atoms with Gasteiger partial charge in [0.2, 0.25) is 0 Å². The zero-order chi connectivity index (χ0) is 22.2. The molecule has 1 atom stereocenters. The maximum Gasteiger partial charge on any atom is 0.407 e. The zero-order valence-corrected chi connectivity index (χ0v) is 18.9. The van der Waals surface area contributed by atoms with E-state index in [9.17, 15) is 9.59 Å². The Balaban J connectivity index is 1.45. The number of amides is 2. The lowest BCUT2D eigenvalue weighted by atomic mass is 9.95. The van der Waals surface area contributed by atoms with Crippen LogP contribution in [0.5, 0.6) is 0 Å². The summed E-state index contributed by atoms with van der Waals surface area (Å²) < 4.78 is 7.34. The number of hydrogen-bond acceptors (Lipinski definition) is 5. The number of aromatic nitrogens is 3. The Morgan fingerprint density at radius 1 is 1.13 bits per heavy atom. The topological polar surface area (TPSA) is 98.1 Å². The molecule has 168 valence electrons. The summed E-state index contributed by atoms with van der Waals surface area (Å²) in [4.78, 5) is 29.7. The molecule has 4 rings (SSSR count). The Morgan fingerprint density at radius 3 is 2.48 bits per heavy atom. The first kappa shape index (κ1) is 21.6. The van der Waals surface area contributed by atoms with Crippen LogP contribution >= 0.6 is 0 Å². The molecule has 2 saturated carbocycles. The second kappa shape index (κ2) is 8.13. The van der Waals surface area contributed by atoms with E-state index in [2.05, 4.69) is 20.7 Å². The van der Waals surface area contributed by atoms with Crippen LogP contribution in [0.3, 0.4) is 0 Å². The molecule has 2 aliphatic rings. The lowest BCUT2D eigenvalue weighted by Gasteiger charge is -2.32. The van der Waals surface area contributed by atoms with Gasteiger partial charge in [0.15, 0.2) is 5.65 Å². The summed E-state index contributed by atoms with van der Waals surface area (Å²) in [7, 11) is 0. The van der Waals surface area contributed by atoms with E-state index in [1.54, 1.807) is 12.4 Å². The van der Waals surface area contributed by atoms with Crippen molar-refractivity contribution >= 4 is 23.0 Å². The van der Waals surface area contributed by atoms with E-state index in [1.807, 2.05) is 38.4 Å². The van der Waals surface area contributed by atoms with Gasteiger partial charge in [0.1, 0.15) is 5.60 Å². The Kier molecular flexibility index (Phi) is 5.66. The van der Waals surface area contributed by atoms with Crippen LogP contribution in [-0.2, 0) is 4.74 Å². The minimum Gasteiger partial charge on any atom is -0.444 e. The highest BCUT2D eigenvalue weighted by molar-refractivity contribution is 5.97. The van der Waals surface area contributed by atoms with Gasteiger partial charge in [0, 0.05) is 18.1 Å². The molecule has 2 amide bonds. The summed E-state index contributed by atoms with van der Waals surface area (Å²) in [5.41, 5.74) is 0.229. The number of hydrogen-bond donors (Lipinski definition) is 2. The lowest BCUT2D eigenvalue weighted by Crippen LogP contribution is -2.55. The highest BCUT2D eigenvalue weighted by atomic mass is 16.6. The molecule has 2 N–H and O–H groups in total. The van der Waals surface area contributed by atoms with Gasteiger partial charge in [-0.1, -0.05) is 12.8 Å². The molecule has 2 aromatic heterocycles. The smallest absolute Gasteiger partial charge is 0.407 e. The molecular weight excluding hydrogens is 394 g/mol. The molecule has 31 heavy (non-hydrogen) atoms. The average molecular weight is 428 g/mol. The Bertz CT molecular complexity index is 969. The number of pyridine rings is 1. The second-order valence-corrected chi connectivity index (χ2v) is 10.2. The van der Waals surface area contributed by atoms with E-state index < -0.39 is 17.2 Å². The van der Waals surface area contributed by atoms with Gasteiger partial charge in [-0.05, 0) is 65.4 Å². The van der Waals surface area contributed by atoms with Crippen LogP contribution in [0, 0.1) is 5.92 Å². The summed E-state index contributed by atoms with van der Waals surface area (Å²) in [6, 6.07) is 2.26. The predicted molar refractivity (Wildman–Crippen MR) is 118 cm³/mol. The summed E-state index contributed by atoms with van der Waals surface area (Å²) in [5.74, 6) is 0.136. The SMILES string of the molecule is CC(C)(C)OC(=O)NCC(C)(NC(=O)c1cnc2c(cnn2C2CCCC2)c1)C1CC1. The molecule has 0 saturated heterocycles. The van der Waals surface area contributed by atoms with Gasteiger partial charge in [-0.2, -0.15) is 5.10 Å². The largest absolute Gasteiger partial charge is 0.444 e. The van der Waals surface area contributed by atoms with Crippen LogP contribution in [-0.4, -0.2) is 44.4 Å². The highest BCUT2D eigenvalue weighted by Crippen LogP contribution is 2.39. The molecule has 8 heteroatoms. The molecule has 8 nitrogen and oxygen atoms in total. The maximum absolute atomic E-state index is 13.1. The van der Waals surface area contributed by atoms with Crippen molar-refractivity contribution in [3.8, 4) is 0 Å². The number of ether oxygens (including phenoxy) is 1. The third-order valence-corrected chi connectivity index (χ3v) is 6.24. The van der Waals surface area contributed by atoms with Crippen molar-refractivity contribution < 1.29 is 14.3 Å². The lowest BCUT2D eigenvalue weighted by molar-refractivity contribution is 0.0502. The van der Waals surface area contributed by atoms with Gasteiger partial charge in [-0.15, -0.1) is 0 Å². The van der Waals surface area contributed by atoms with Crippen molar-refractivity contribution in [2.75, 3.05) is 6.54 Å². The van der Waals surface area contributed by atoms with E-state index in [0.717, 1.165) is 36.7 Å².